The van der Waals surface area contributed by atoms with Crippen molar-refractivity contribution in [3.05, 3.63) is 72.3 Å². The zero-order chi connectivity index (χ0) is 19.1. The Morgan fingerprint density at radius 1 is 0.852 bits per heavy atom. The molecule has 138 valence electrons. The molecule has 3 aromatic carbocycles. The molecule has 0 atom stereocenters. The van der Waals surface area contributed by atoms with Gasteiger partial charge in [-0.25, -0.2) is 0 Å². The first kappa shape index (κ1) is 18.5. The van der Waals surface area contributed by atoms with Gasteiger partial charge in [0.2, 0.25) is 5.91 Å². The molecule has 0 radical (unpaired) electrons. The van der Waals surface area contributed by atoms with Gasteiger partial charge in [0.25, 0.3) is 5.91 Å². The summed E-state index contributed by atoms with van der Waals surface area (Å²) < 4.78 is 0. The van der Waals surface area contributed by atoms with Crippen molar-refractivity contribution in [3.63, 3.8) is 0 Å². The fraction of sp³-hybridized carbons (Fsp3) is 0.182. The van der Waals surface area contributed by atoms with E-state index in [0.29, 0.717) is 12.1 Å². The van der Waals surface area contributed by atoms with E-state index in [1.807, 2.05) is 55.5 Å². The van der Waals surface area contributed by atoms with Gasteiger partial charge in [-0.3, -0.25) is 9.59 Å². The van der Waals surface area contributed by atoms with E-state index in [4.69, 9.17) is 0 Å². The van der Waals surface area contributed by atoms with Crippen LogP contribution in [0.15, 0.2) is 66.7 Å². The monoisotopic (exact) mass is 361 g/mol. The molecule has 0 spiro atoms. The van der Waals surface area contributed by atoms with Gasteiger partial charge in [-0.05, 0) is 47.5 Å². The number of nitrogens with one attached hydrogen (secondary N) is 3. The first-order chi connectivity index (χ1) is 13.2. The third-order valence-corrected chi connectivity index (χ3v) is 4.15. The van der Waals surface area contributed by atoms with E-state index in [0.717, 1.165) is 28.6 Å². The number of anilines is 2. The fourth-order valence-electron chi connectivity index (χ4n) is 2.77. The summed E-state index contributed by atoms with van der Waals surface area (Å²) in [5.41, 5.74) is 2.06. The molecule has 0 saturated carbocycles. The van der Waals surface area contributed by atoms with Gasteiger partial charge >= 0.3 is 0 Å². The van der Waals surface area contributed by atoms with Crippen LogP contribution in [0, 0.1) is 0 Å². The number of hydrogen-bond acceptors (Lipinski definition) is 3. The van der Waals surface area contributed by atoms with Gasteiger partial charge < -0.3 is 16.0 Å². The van der Waals surface area contributed by atoms with Crippen LogP contribution in [0.25, 0.3) is 10.8 Å². The Hall–Kier alpha value is -3.34. The Morgan fingerprint density at radius 2 is 1.67 bits per heavy atom. The van der Waals surface area contributed by atoms with Gasteiger partial charge in [-0.1, -0.05) is 43.3 Å². The van der Waals surface area contributed by atoms with E-state index >= 15 is 0 Å². The molecule has 5 heteroatoms. The maximum atomic E-state index is 12.2. The maximum Gasteiger partial charge on any atom is 0.251 e. The predicted molar refractivity (Wildman–Crippen MR) is 110 cm³/mol. The van der Waals surface area contributed by atoms with Crippen molar-refractivity contribution in [1.82, 2.24) is 5.32 Å². The summed E-state index contributed by atoms with van der Waals surface area (Å²) in [6, 6.07) is 21.0. The number of carbonyl (C=O) groups is 2. The molecule has 27 heavy (non-hydrogen) atoms. The van der Waals surface area contributed by atoms with Crippen molar-refractivity contribution in [2.75, 3.05) is 23.7 Å². The molecule has 0 aliphatic heterocycles. The molecule has 0 aliphatic carbocycles. The highest BCUT2D eigenvalue weighted by Crippen LogP contribution is 2.18. The maximum absolute atomic E-state index is 12.2. The van der Waals surface area contributed by atoms with E-state index in [1.165, 1.54) is 0 Å². The topological polar surface area (TPSA) is 70.2 Å². The highest BCUT2D eigenvalue weighted by atomic mass is 16.2. The molecule has 0 bridgehead atoms. The number of carbonyl (C=O) groups excluding carboxylic acids is 2. The molecule has 3 N–H and O–H groups in total. The largest absolute Gasteiger partial charge is 0.376 e. The second-order valence-electron chi connectivity index (χ2n) is 6.30. The SMILES string of the molecule is CCCNC(=O)c1cccc(NCC(=O)Nc2ccc3ccccc3c2)c1. The van der Waals surface area contributed by atoms with Crippen molar-refractivity contribution in [1.29, 1.82) is 0 Å². The minimum atomic E-state index is -0.147. The lowest BCUT2D eigenvalue weighted by Crippen LogP contribution is -2.24. The van der Waals surface area contributed by atoms with Crippen LogP contribution in [-0.2, 0) is 4.79 Å². The Kier molecular flexibility index (Phi) is 6.05. The van der Waals surface area contributed by atoms with Crippen LogP contribution < -0.4 is 16.0 Å². The van der Waals surface area contributed by atoms with Crippen LogP contribution in [0.3, 0.4) is 0 Å². The van der Waals surface area contributed by atoms with E-state index < -0.39 is 0 Å². The first-order valence-electron chi connectivity index (χ1n) is 9.06. The minimum Gasteiger partial charge on any atom is -0.376 e. The standard InChI is InChI=1S/C22H23N3O2/c1-2-12-23-22(27)18-8-5-9-19(14-18)24-15-21(26)25-20-11-10-16-6-3-4-7-17(16)13-20/h3-11,13-14,24H,2,12,15H2,1H3,(H,23,27)(H,25,26). The van der Waals surface area contributed by atoms with Crippen molar-refractivity contribution in [2.24, 2.45) is 0 Å². The molecule has 0 fully saturated rings. The van der Waals surface area contributed by atoms with E-state index in [9.17, 15) is 9.59 Å². The molecule has 0 aliphatic rings. The Bertz CT molecular complexity index is 953. The Morgan fingerprint density at radius 3 is 2.48 bits per heavy atom. The van der Waals surface area contributed by atoms with Gasteiger partial charge in [0.05, 0.1) is 6.54 Å². The van der Waals surface area contributed by atoms with Crippen molar-refractivity contribution in [3.8, 4) is 0 Å². The Balaban J connectivity index is 1.57. The summed E-state index contributed by atoms with van der Waals surface area (Å²) >= 11 is 0. The third-order valence-electron chi connectivity index (χ3n) is 4.15. The molecule has 3 rings (SSSR count). The van der Waals surface area contributed by atoms with Crippen molar-refractivity contribution < 1.29 is 9.59 Å². The fourth-order valence-corrected chi connectivity index (χ4v) is 2.77. The number of amides is 2. The molecular weight excluding hydrogens is 338 g/mol. The zero-order valence-electron chi connectivity index (χ0n) is 15.3. The smallest absolute Gasteiger partial charge is 0.251 e. The van der Waals surface area contributed by atoms with E-state index in [-0.39, 0.29) is 18.4 Å². The van der Waals surface area contributed by atoms with Crippen LogP contribution in [0.1, 0.15) is 23.7 Å². The molecule has 2 amide bonds. The molecule has 3 aromatic rings. The normalized spacial score (nSPS) is 10.4. The minimum absolute atomic E-state index is 0.110. The molecule has 0 heterocycles. The van der Waals surface area contributed by atoms with Crippen LogP contribution in [0.2, 0.25) is 0 Å². The summed E-state index contributed by atoms with van der Waals surface area (Å²) in [7, 11) is 0. The number of benzene rings is 3. The summed E-state index contributed by atoms with van der Waals surface area (Å²) in [5.74, 6) is -0.257. The molecular formula is C22H23N3O2. The van der Waals surface area contributed by atoms with Crippen LogP contribution in [0.5, 0.6) is 0 Å². The lowest BCUT2D eigenvalue weighted by molar-refractivity contribution is -0.114. The summed E-state index contributed by atoms with van der Waals surface area (Å²) in [4.78, 5) is 24.3. The molecule has 5 nitrogen and oxygen atoms in total. The Labute approximate surface area is 158 Å². The molecule has 0 saturated heterocycles. The lowest BCUT2D eigenvalue weighted by atomic mass is 10.1. The summed E-state index contributed by atoms with van der Waals surface area (Å²) in [6.45, 7) is 2.77. The quantitative estimate of drug-likeness (QED) is 0.595. The van der Waals surface area contributed by atoms with Crippen LogP contribution in [0.4, 0.5) is 11.4 Å². The lowest BCUT2D eigenvalue weighted by Gasteiger charge is -2.10. The van der Waals surface area contributed by atoms with E-state index in [1.54, 1.807) is 18.2 Å². The first-order valence-corrected chi connectivity index (χ1v) is 9.06. The predicted octanol–water partition coefficient (Wildman–Crippen LogP) is 4.03. The number of rotatable bonds is 7. The van der Waals surface area contributed by atoms with Gasteiger partial charge in [-0.15, -0.1) is 0 Å². The third kappa shape index (κ3) is 5.07. The molecule has 0 aromatic heterocycles. The average molecular weight is 361 g/mol. The van der Waals surface area contributed by atoms with Crippen LogP contribution >= 0.6 is 0 Å². The van der Waals surface area contributed by atoms with Crippen molar-refractivity contribution in [2.45, 2.75) is 13.3 Å². The highest BCUT2D eigenvalue weighted by Gasteiger charge is 2.07. The van der Waals surface area contributed by atoms with Crippen LogP contribution in [-0.4, -0.2) is 24.9 Å². The number of fused-ring (bicyclic) bond motifs is 1. The van der Waals surface area contributed by atoms with Crippen molar-refractivity contribution >= 4 is 34.0 Å². The zero-order valence-corrected chi connectivity index (χ0v) is 15.3. The second kappa shape index (κ2) is 8.85. The summed E-state index contributed by atoms with van der Waals surface area (Å²) in [5, 5.41) is 11.0. The van der Waals surface area contributed by atoms with Gasteiger partial charge in [0, 0.05) is 23.5 Å². The van der Waals surface area contributed by atoms with Gasteiger partial charge in [-0.2, -0.15) is 0 Å². The average Bonchev–Trinajstić information content (AvgIpc) is 2.70. The summed E-state index contributed by atoms with van der Waals surface area (Å²) in [6.07, 6.45) is 0.888. The molecule has 0 unspecified atom stereocenters. The van der Waals surface area contributed by atoms with E-state index in [2.05, 4.69) is 16.0 Å². The number of hydrogen-bond donors (Lipinski definition) is 3. The second-order valence-corrected chi connectivity index (χ2v) is 6.30. The highest BCUT2D eigenvalue weighted by molar-refractivity contribution is 5.97. The van der Waals surface area contributed by atoms with Gasteiger partial charge in [0.15, 0.2) is 0 Å². The van der Waals surface area contributed by atoms with Gasteiger partial charge in [0.1, 0.15) is 0 Å².